The monoisotopic (exact) mass is 587 g/mol. The summed E-state index contributed by atoms with van der Waals surface area (Å²) in [7, 11) is 0. The van der Waals surface area contributed by atoms with Crippen LogP contribution in [-0.4, -0.2) is 68.6 Å². The van der Waals surface area contributed by atoms with Crippen molar-refractivity contribution in [1.29, 1.82) is 0 Å². The predicted octanol–water partition coefficient (Wildman–Crippen LogP) is 4.85. The number of ether oxygens (including phenoxy) is 1. The Balaban J connectivity index is 1.68. The summed E-state index contributed by atoms with van der Waals surface area (Å²) in [6.07, 6.45) is 2.99. The van der Waals surface area contributed by atoms with Crippen molar-refractivity contribution in [3.05, 3.63) is 24.3 Å². The highest BCUT2D eigenvalue weighted by atomic mass is 32.2. The molecule has 1 spiro atoms. The predicted molar refractivity (Wildman–Crippen MR) is 164 cm³/mol. The zero-order valence-electron chi connectivity index (χ0n) is 26.0. The Morgan fingerprint density at radius 1 is 1.15 bits per heavy atom. The second kappa shape index (κ2) is 11.8. The highest BCUT2D eigenvalue weighted by Crippen LogP contribution is 2.67. The first kappa shape index (κ1) is 31.7. The molecule has 1 aromatic carbocycles. The van der Waals surface area contributed by atoms with Crippen molar-refractivity contribution in [2.75, 3.05) is 18.5 Å². The number of hydrogen-bond acceptors (Lipinski definition) is 6. The normalized spacial score (nSPS) is 28.8. The number of fused-ring (bicyclic) bond motifs is 1. The summed E-state index contributed by atoms with van der Waals surface area (Å²) in [6.45, 7) is 16.8. The second-order valence-corrected chi connectivity index (χ2v) is 15.6. The molecule has 0 aliphatic carbocycles. The molecule has 3 N–H and O–H groups in total. The average Bonchev–Trinajstić information content (AvgIpc) is 3.51. The lowest BCUT2D eigenvalue weighted by Crippen LogP contribution is -2.61. The van der Waals surface area contributed by atoms with E-state index in [1.165, 1.54) is 0 Å². The summed E-state index contributed by atoms with van der Waals surface area (Å²) in [5.74, 6) is -0.997. The van der Waals surface area contributed by atoms with Gasteiger partial charge in [-0.2, -0.15) is 0 Å². The Hall–Kier alpha value is -2.26. The van der Waals surface area contributed by atoms with E-state index < -0.39 is 34.2 Å². The Morgan fingerprint density at radius 3 is 2.37 bits per heavy atom. The number of thioether (sulfide) groups is 1. The maximum Gasteiger partial charge on any atom is 0.244 e. The van der Waals surface area contributed by atoms with Gasteiger partial charge in [-0.05, 0) is 75.6 Å². The fourth-order valence-corrected chi connectivity index (χ4v) is 9.87. The largest absolute Gasteiger partial charge is 0.494 e. The number of amides is 3. The van der Waals surface area contributed by atoms with Crippen molar-refractivity contribution in [3.8, 4) is 5.75 Å². The lowest BCUT2D eigenvalue weighted by atomic mass is 9.70. The highest BCUT2D eigenvalue weighted by Gasteiger charge is 2.74. The van der Waals surface area contributed by atoms with Gasteiger partial charge >= 0.3 is 0 Å². The van der Waals surface area contributed by atoms with Gasteiger partial charge in [-0.15, -0.1) is 11.8 Å². The van der Waals surface area contributed by atoms with Gasteiger partial charge < -0.3 is 25.4 Å². The van der Waals surface area contributed by atoms with Crippen molar-refractivity contribution in [2.24, 2.45) is 23.2 Å². The molecule has 8 nitrogen and oxygen atoms in total. The average molecular weight is 588 g/mol. The van der Waals surface area contributed by atoms with Gasteiger partial charge in [0.15, 0.2) is 0 Å². The zero-order valence-corrected chi connectivity index (χ0v) is 26.8. The van der Waals surface area contributed by atoms with Crippen LogP contribution in [0.2, 0.25) is 0 Å². The zero-order chi connectivity index (χ0) is 30.3. The van der Waals surface area contributed by atoms with E-state index in [1.807, 2.05) is 46.8 Å². The van der Waals surface area contributed by atoms with Gasteiger partial charge in [0.2, 0.25) is 17.7 Å². The van der Waals surface area contributed by atoms with E-state index in [-0.39, 0.29) is 40.9 Å². The Labute approximate surface area is 249 Å². The molecule has 3 heterocycles. The maximum absolute atomic E-state index is 14.4. The number of carbonyl (C=O) groups is 3. The number of likely N-dealkylation sites (tertiary alicyclic amines) is 1. The molecule has 1 aromatic rings. The first-order chi connectivity index (χ1) is 19.2. The number of benzene rings is 1. The van der Waals surface area contributed by atoms with Crippen LogP contribution in [0.5, 0.6) is 5.75 Å². The first-order valence-corrected chi connectivity index (χ1v) is 16.0. The van der Waals surface area contributed by atoms with Gasteiger partial charge in [0, 0.05) is 16.5 Å². The van der Waals surface area contributed by atoms with Crippen molar-refractivity contribution in [3.63, 3.8) is 0 Å². The van der Waals surface area contributed by atoms with E-state index in [0.29, 0.717) is 18.7 Å². The van der Waals surface area contributed by atoms with E-state index in [9.17, 15) is 19.5 Å². The standard InChI is InChI=1S/C32H49N3O5S/c1-9-19(3)22(17-36)35-26(28(38)34-31(7,8)18-30(4,5)6)32-16-15-23(41-32)24(25(32)29(35)39)27(37)33-20-11-13-21(14-12-20)40-10-2/h11-14,19,22-26,36H,9-10,15-18H2,1-8H3,(H,33,37)(H,34,38)/t19-,22-,23-,24+,25-,26?,32?/m0/s1. The van der Waals surface area contributed by atoms with Gasteiger partial charge in [-0.25, -0.2) is 0 Å². The van der Waals surface area contributed by atoms with Gasteiger partial charge in [0.1, 0.15) is 11.8 Å². The van der Waals surface area contributed by atoms with Crippen LogP contribution in [-0.2, 0) is 14.4 Å². The number of nitrogens with one attached hydrogen (secondary N) is 2. The molecular weight excluding hydrogens is 538 g/mol. The molecule has 0 radical (unpaired) electrons. The van der Waals surface area contributed by atoms with E-state index in [4.69, 9.17) is 4.74 Å². The minimum Gasteiger partial charge on any atom is -0.494 e. The minimum atomic E-state index is -0.747. The van der Waals surface area contributed by atoms with Crippen LogP contribution >= 0.6 is 11.8 Å². The van der Waals surface area contributed by atoms with Crippen LogP contribution in [0.15, 0.2) is 24.3 Å². The number of aliphatic hydroxyl groups excluding tert-OH is 1. The SMILES string of the molecule is CCOc1ccc(NC(=O)[C@@H]2[C@@H]3CCC4(S3)C(C(=O)NC(C)(C)CC(C)(C)C)N([C@@H](CO)[C@@H](C)CC)C(=O)[C@H]24)cc1. The number of aliphatic hydroxyl groups is 1. The Kier molecular flexibility index (Phi) is 9.11. The van der Waals surface area contributed by atoms with Gasteiger partial charge in [0.25, 0.3) is 0 Å². The molecule has 9 heteroatoms. The maximum atomic E-state index is 14.4. The molecule has 4 rings (SSSR count). The van der Waals surface area contributed by atoms with Crippen LogP contribution in [0.3, 0.4) is 0 Å². The first-order valence-electron chi connectivity index (χ1n) is 15.1. The molecule has 3 saturated heterocycles. The van der Waals surface area contributed by atoms with E-state index >= 15 is 0 Å². The summed E-state index contributed by atoms with van der Waals surface area (Å²) >= 11 is 1.65. The van der Waals surface area contributed by atoms with E-state index in [2.05, 4.69) is 31.4 Å². The van der Waals surface area contributed by atoms with Crippen LogP contribution in [0, 0.1) is 23.2 Å². The van der Waals surface area contributed by atoms with Crippen LogP contribution in [0.1, 0.15) is 81.1 Å². The summed E-state index contributed by atoms with van der Waals surface area (Å²) in [5, 5.41) is 16.8. The fraction of sp³-hybridized carbons (Fsp3) is 0.719. The topological polar surface area (TPSA) is 108 Å². The molecular formula is C32H49N3O5S. The molecule has 3 aliphatic rings. The summed E-state index contributed by atoms with van der Waals surface area (Å²) in [4.78, 5) is 44.2. The molecule has 3 amide bonds. The lowest BCUT2D eigenvalue weighted by molar-refractivity contribution is -0.143. The van der Waals surface area contributed by atoms with Crippen molar-refractivity contribution < 1.29 is 24.2 Å². The fourth-order valence-electron chi connectivity index (χ4n) is 7.66. The van der Waals surface area contributed by atoms with Crippen molar-refractivity contribution in [1.82, 2.24) is 10.2 Å². The smallest absolute Gasteiger partial charge is 0.244 e. The number of hydrogen-bond donors (Lipinski definition) is 3. The van der Waals surface area contributed by atoms with Crippen LogP contribution < -0.4 is 15.4 Å². The molecule has 7 atom stereocenters. The number of carbonyl (C=O) groups excluding carboxylic acids is 3. The van der Waals surface area contributed by atoms with Gasteiger partial charge in [0.05, 0.1) is 35.8 Å². The number of rotatable bonds is 11. The Bertz CT molecular complexity index is 1130. The number of anilines is 1. The summed E-state index contributed by atoms with van der Waals surface area (Å²) in [6, 6.07) is 6.00. The summed E-state index contributed by atoms with van der Waals surface area (Å²) in [5.41, 5.74) is 0.154. The van der Waals surface area contributed by atoms with E-state index in [1.54, 1.807) is 28.8 Å². The van der Waals surface area contributed by atoms with Gasteiger partial charge in [-0.3, -0.25) is 14.4 Å². The molecule has 228 valence electrons. The van der Waals surface area contributed by atoms with Gasteiger partial charge in [-0.1, -0.05) is 41.0 Å². The molecule has 0 saturated carbocycles. The molecule has 0 aromatic heterocycles. The van der Waals surface area contributed by atoms with E-state index in [0.717, 1.165) is 25.0 Å². The van der Waals surface area contributed by atoms with Crippen LogP contribution in [0.4, 0.5) is 5.69 Å². The quantitative estimate of drug-likeness (QED) is 0.342. The van der Waals surface area contributed by atoms with Crippen molar-refractivity contribution in [2.45, 2.75) is 109 Å². The minimum absolute atomic E-state index is 0.00223. The third kappa shape index (κ3) is 6.12. The molecule has 3 fully saturated rings. The second-order valence-electron chi connectivity index (χ2n) is 14.0. The Morgan fingerprint density at radius 2 is 1.80 bits per heavy atom. The lowest BCUT2D eigenvalue weighted by Gasteiger charge is -2.41. The summed E-state index contributed by atoms with van der Waals surface area (Å²) < 4.78 is 4.82. The molecule has 3 aliphatic heterocycles. The van der Waals surface area contributed by atoms with Crippen molar-refractivity contribution >= 4 is 35.2 Å². The van der Waals surface area contributed by atoms with Crippen LogP contribution in [0.25, 0.3) is 0 Å². The third-order valence-corrected chi connectivity index (χ3v) is 11.0. The molecule has 2 unspecified atom stereocenters. The highest BCUT2D eigenvalue weighted by molar-refractivity contribution is 8.02. The molecule has 2 bridgehead atoms. The molecule has 41 heavy (non-hydrogen) atoms. The number of nitrogens with zero attached hydrogens (tertiary/aromatic N) is 1. The third-order valence-electron chi connectivity index (χ3n) is 9.00.